The fraction of sp³-hybridized carbons (Fsp3) is 0.158. The van der Waals surface area contributed by atoms with Crippen molar-refractivity contribution in [1.82, 2.24) is 14.7 Å². The van der Waals surface area contributed by atoms with Crippen LogP contribution in [0.5, 0.6) is 0 Å². The van der Waals surface area contributed by atoms with Gasteiger partial charge in [-0.3, -0.25) is 4.79 Å². The summed E-state index contributed by atoms with van der Waals surface area (Å²) in [5, 5.41) is 13.7. The summed E-state index contributed by atoms with van der Waals surface area (Å²) in [6.45, 7) is 0.208. The van der Waals surface area contributed by atoms with Gasteiger partial charge in [-0.2, -0.15) is 5.10 Å². The van der Waals surface area contributed by atoms with Gasteiger partial charge in [-0.1, -0.05) is 48.5 Å². The van der Waals surface area contributed by atoms with E-state index in [0.29, 0.717) is 11.3 Å². The predicted molar refractivity (Wildman–Crippen MR) is 93.0 cm³/mol. The monoisotopic (exact) mass is 321 g/mol. The van der Waals surface area contributed by atoms with Gasteiger partial charge in [0.2, 0.25) is 0 Å². The molecular formula is C19H19N3O2. The minimum atomic E-state index is -0.162. The van der Waals surface area contributed by atoms with E-state index >= 15 is 0 Å². The number of rotatable bonds is 5. The van der Waals surface area contributed by atoms with Crippen LogP contribution in [-0.4, -0.2) is 45.9 Å². The smallest absolute Gasteiger partial charge is 0.257 e. The Balaban J connectivity index is 2.09. The second kappa shape index (κ2) is 7.10. The van der Waals surface area contributed by atoms with Crippen LogP contribution in [-0.2, 0) is 0 Å². The first-order valence-electron chi connectivity index (χ1n) is 7.77. The maximum Gasteiger partial charge on any atom is 0.257 e. The van der Waals surface area contributed by atoms with Gasteiger partial charge in [0.1, 0.15) is 5.69 Å². The van der Waals surface area contributed by atoms with Gasteiger partial charge < -0.3 is 10.0 Å². The van der Waals surface area contributed by atoms with Crippen LogP contribution in [0, 0.1) is 0 Å². The molecule has 0 aliphatic heterocycles. The van der Waals surface area contributed by atoms with Gasteiger partial charge >= 0.3 is 0 Å². The molecule has 0 aliphatic carbocycles. The van der Waals surface area contributed by atoms with Crippen molar-refractivity contribution in [3.05, 3.63) is 72.4 Å². The number of benzene rings is 2. The second-order valence-electron chi connectivity index (χ2n) is 5.49. The summed E-state index contributed by atoms with van der Waals surface area (Å²) in [6.07, 6.45) is 1.74. The molecule has 24 heavy (non-hydrogen) atoms. The Morgan fingerprint density at radius 1 is 1.08 bits per heavy atom. The largest absolute Gasteiger partial charge is 0.395 e. The van der Waals surface area contributed by atoms with Crippen LogP contribution < -0.4 is 0 Å². The molecule has 2 aromatic carbocycles. The van der Waals surface area contributed by atoms with Gasteiger partial charge in [-0.25, -0.2) is 4.68 Å². The molecule has 0 saturated carbocycles. The number of aromatic nitrogens is 2. The van der Waals surface area contributed by atoms with Crippen molar-refractivity contribution in [2.45, 2.75) is 0 Å². The van der Waals surface area contributed by atoms with E-state index in [1.54, 1.807) is 17.9 Å². The molecule has 0 fully saturated rings. The fourth-order valence-corrected chi connectivity index (χ4v) is 2.51. The summed E-state index contributed by atoms with van der Waals surface area (Å²) in [5.74, 6) is -0.162. The minimum absolute atomic E-state index is 0.0737. The summed E-state index contributed by atoms with van der Waals surface area (Å²) >= 11 is 0. The molecule has 0 unspecified atom stereocenters. The average Bonchev–Trinajstić information content (AvgIpc) is 3.08. The molecule has 0 bridgehead atoms. The van der Waals surface area contributed by atoms with Gasteiger partial charge in [0.15, 0.2) is 0 Å². The molecule has 5 nitrogen and oxygen atoms in total. The normalized spacial score (nSPS) is 10.6. The Labute approximate surface area is 140 Å². The van der Waals surface area contributed by atoms with E-state index in [1.165, 1.54) is 4.90 Å². The number of para-hydroxylation sites is 1. The highest BCUT2D eigenvalue weighted by molar-refractivity contribution is 5.99. The summed E-state index contributed by atoms with van der Waals surface area (Å²) in [5.41, 5.74) is 2.92. The Morgan fingerprint density at radius 3 is 2.33 bits per heavy atom. The third kappa shape index (κ3) is 3.21. The number of amides is 1. The Hall–Kier alpha value is -2.92. The van der Waals surface area contributed by atoms with Gasteiger partial charge in [0, 0.05) is 25.4 Å². The van der Waals surface area contributed by atoms with Crippen molar-refractivity contribution in [2.75, 3.05) is 20.2 Å². The molecule has 1 aromatic heterocycles. The third-order valence-electron chi connectivity index (χ3n) is 3.79. The fourth-order valence-electron chi connectivity index (χ4n) is 2.51. The number of nitrogens with zero attached hydrogens (tertiary/aromatic N) is 3. The molecule has 0 spiro atoms. The highest BCUT2D eigenvalue weighted by atomic mass is 16.3. The molecule has 5 heteroatoms. The van der Waals surface area contributed by atoms with Crippen LogP contribution >= 0.6 is 0 Å². The zero-order valence-electron chi connectivity index (χ0n) is 13.5. The van der Waals surface area contributed by atoms with Crippen LogP contribution in [0.1, 0.15) is 10.4 Å². The first kappa shape index (κ1) is 16.0. The van der Waals surface area contributed by atoms with Crippen molar-refractivity contribution < 1.29 is 9.90 Å². The molecule has 0 aliphatic rings. The molecule has 1 heterocycles. The standard InChI is InChI=1S/C19H19N3O2/c1-21(12-13-23)19(24)17-14-22(16-10-6-3-7-11-16)20-18(17)15-8-4-2-5-9-15/h2-11,14,23H,12-13H2,1H3. The first-order valence-corrected chi connectivity index (χ1v) is 7.77. The molecule has 1 amide bonds. The van der Waals surface area contributed by atoms with Gasteiger partial charge in [0.25, 0.3) is 5.91 Å². The molecule has 3 rings (SSSR count). The van der Waals surface area contributed by atoms with Crippen molar-refractivity contribution >= 4 is 5.91 Å². The topological polar surface area (TPSA) is 58.4 Å². The molecule has 3 aromatic rings. The number of aliphatic hydroxyl groups excluding tert-OH is 1. The minimum Gasteiger partial charge on any atom is -0.395 e. The Morgan fingerprint density at radius 2 is 1.71 bits per heavy atom. The van der Waals surface area contributed by atoms with E-state index in [2.05, 4.69) is 5.10 Å². The molecule has 0 radical (unpaired) electrons. The molecule has 0 atom stereocenters. The van der Waals surface area contributed by atoms with E-state index in [0.717, 1.165) is 11.3 Å². The molecule has 1 N–H and O–H groups in total. The van der Waals surface area contributed by atoms with E-state index in [-0.39, 0.29) is 19.1 Å². The Kier molecular flexibility index (Phi) is 4.72. The SMILES string of the molecule is CN(CCO)C(=O)c1cn(-c2ccccc2)nc1-c1ccccc1. The van der Waals surface area contributed by atoms with Gasteiger partial charge in [-0.05, 0) is 12.1 Å². The second-order valence-corrected chi connectivity index (χ2v) is 5.49. The number of aliphatic hydroxyl groups is 1. The van der Waals surface area contributed by atoms with Crippen molar-refractivity contribution in [3.63, 3.8) is 0 Å². The van der Waals surface area contributed by atoms with Crippen LogP contribution in [0.15, 0.2) is 66.9 Å². The van der Waals surface area contributed by atoms with Crippen LogP contribution in [0.3, 0.4) is 0 Å². The highest BCUT2D eigenvalue weighted by Crippen LogP contribution is 2.24. The van der Waals surface area contributed by atoms with Crippen LogP contribution in [0.25, 0.3) is 16.9 Å². The molecule has 0 saturated heterocycles. The lowest BCUT2D eigenvalue weighted by Gasteiger charge is -2.15. The number of carbonyl (C=O) groups excluding carboxylic acids is 1. The van der Waals surface area contributed by atoms with Crippen molar-refractivity contribution in [2.24, 2.45) is 0 Å². The predicted octanol–water partition coefficient (Wildman–Crippen LogP) is 2.60. The maximum absolute atomic E-state index is 12.7. The number of likely N-dealkylation sites (N-methyl/N-ethyl adjacent to an activating group) is 1. The zero-order valence-corrected chi connectivity index (χ0v) is 13.5. The lowest BCUT2D eigenvalue weighted by molar-refractivity contribution is 0.0767. The van der Waals surface area contributed by atoms with E-state index in [9.17, 15) is 4.79 Å². The lowest BCUT2D eigenvalue weighted by Crippen LogP contribution is -2.29. The molecular weight excluding hydrogens is 302 g/mol. The van der Waals surface area contributed by atoms with E-state index < -0.39 is 0 Å². The van der Waals surface area contributed by atoms with Crippen LogP contribution in [0.4, 0.5) is 0 Å². The number of hydrogen-bond donors (Lipinski definition) is 1. The van der Waals surface area contributed by atoms with Gasteiger partial charge in [-0.15, -0.1) is 0 Å². The zero-order chi connectivity index (χ0) is 16.9. The van der Waals surface area contributed by atoms with Gasteiger partial charge in [0.05, 0.1) is 17.9 Å². The highest BCUT2D eigenvalue weighted by Gasteiger charge is 2.21. The maximum atomic E-state index is 12.7. The van der Waals surface area contributed by atoms with E-state index in [1.807, 2.05) is 60.7 Å². The average molecular weight is 321 g/mol. The number of hydrogen-bond acceptors (Lipinski definition) is 3. The van der Waals surface area contributed by atoms with E-state index in [4.69, 9.17) is 5.11 Å². The number of carbonyl (C=O) groups is 1. The quantitative estimate of drug-likeness (QED) is 0.786. The lowest BCUT2D eigenvalue weighted by atomic mass is 10.1. The molecule has 122 valence electrons. The third-order valence-corrected chi connectivity index (χ3v) is 3.79. The summed E-state index contributed by atoms with van der Waals surface area (Å²) in [4.78, 5) is 14.2. The van der Waals surface area contributed by atoms with Crippen LogP contribution in [0.2, 0.25) is 0 Å². The van der Waals surface area contributed by atoms with Crippen molar-refractivity contribution in [1.29, 1.82) is 0 Å². The summed E-state index contributed by atoms with van der Waals surface area (Å²) < 4.78 is 1.71. The van der Waals surface area contributed by atoms with Crippen molar-refractivity contribution in [3.8, 4) is 16.9 Å². The Bertz CT molecular complexity index is 813. The first-order chi connectivity index (χ1) is 11.7. The summed E-state index contributed by atoms with van der Waals surface area (Å²) in [6, 6.07) is 19.3. The summed E-state index contributed by atoms with van der Waals surface area (Å²) in [7, 11) is 1.67.